The lowest BCUT2D eigenvalue weighted by atomic mass is 9.95. The van der Waals surface area contributed by atoms with Crippen molar-refractivity contribution < 1.29 is 0 Å². The molecule has 0 N–H and O–H groups in total. The van der Waals surface area contributed by atoms with E-state index in [2.05, 4.69) is 45.9 Å². The molecular weight excluding hydrogens is 216 g/mol. The third kappa shape index (κ3) is 1.51. The fourth-order valence-electron chi connectivity index (χ4n) is 3.41. The van der Waals surface area contributed by atoms with E-state index >= 15 is 0 Å². The Hall–Kier alpha value is -1.30. The summed E-state index contributed by atoms with van der Waals surface area (Å²) in [7, 11) is 0. The Morgan fingerprint density at radius 2 is 1.72 bits per heavy atom. The highest BCUT2D eigenvalue weighted by Gasteiger charge is 2.20. The Bertz CT molecular complexity index is 657. The van der Waals surface area contributed by atoms with Crippen molar-refractivity contribution in [1.29, 1.82) is 0 Å². The van der Waals surface area contributed by atoms with E-state index in [1.807, 2.05) is 0 Å². The number of rotatable bonds is 2. The molecule has 2 aliphatic rings. The largest absolute Gasteiger partial charge is 0.0695 e. The zero-order valence-corrected chi connectivity index (χ0v) is 11.9. The molecule has 0 heterocycles. The predicted molar refractivity (Wildman–Crippen MR) is 79.8 cm³/mol. The predicted octanol–water partition coefficient (Wildman–Crippen LogP) is 3.25. The maximum Gasteiger partial charge on any atom is -0.00375 e. The average molecular weight is 238 g/mol. The molecule has 0 bridgehead atoms. The van der Waals surface area contributed by atoms with E-state index in [0.29, 0.717) is 5.92 Å². The Morgan fingerprint density at radius 3 is 2.33 bits per heavy atom. The van der Waals surface area contributed by atoms with Crippen molar-refractivity contribution in [2.75, 3.05) is 0 Å². The smallest absolute Gasteiger partial charge is 0.00375 e. The molecule has 0 saturated carbocycles. The summed E-state index contributed by atoms with van der Waals surface area (Å²) < 4.78 is 0. The molecule has 1 unspecified atom stereocenters. The van der Waals surface area contributed by atoms with Crippen LogP contribution in [0.25, 0.3) is 18.2 Å². The van der Waals surface area contributed by atoms with Crippen LogP contribution >= 0.6 is 0 Å². The molecule has 1 atom stereocenters. The van der Waals surface area contributed by atoms with Gasteiger partial charge in [0.05, 0.1) is 0 Å². The number of allylic oxidation sites excluding steroid dienone is 1. The van der Waals surface area contributed by atoms with Crippen molar-refractivity contribution in [2.45, 2.75) is 47.0 Å². The van der Waals surface area contributed by atoms with Crippen LogP contribution in [-0.4, -0.2) is 0 Å². The minimum absolute atomic E-state index is 0.648. The van der Waals surface area contributed by atoms with Gasteiger partial charge < -0.3 is 0 Å². The highest BCUT2D eigenvalue weighted by molar-refractivity contribution is 5.71. The van der Waals surface area contributed by atoms with Gasteiger partial charge in [-0.3, -0.25) is 0 Å². The van der Waals surface area contributed by atoms with Gasteiger partial charge in [-0.05, 0) is 71.7 Å². The van der Waals surface area contributed by atoms with Gasteiger partial charge in [-0.1, -0.05) is 37.6 Å². The lowest BCUT2D eigenvalue weighted by Gasteiger charge is -2.09. The van der Waals surface area contributed by atoms with Gasteiger partial charge in [0.15, 0.2) is 0 Å². The van der Waals surface area contributed by atoms with Crippen molar-refractivity contribution in [1.82, 2.24) is 0 Å². The monoisotopic (exact) mass is 238 g/mol. The van der Waals surface area contributed by atoms with Gasteiger partial charge >= 0.3 is 0 Å². The van der Waals surface area contributed by atoms with Crippen molar-refractivity contribution in [3.05, 3.63) is 38.3 Å². The molecule has 0 fully saturated rings. The van der Waals surface area contributed by atoms with E-state index in [0.717, 1.165) is 0 Å². The first-order valence-corrected chi connectivity index (χ1v) is 7.20. The van der Waals surface area contributed by atoms with Crippen LogP contribution in [0.3, 0.4) is 0 Å². The van der Waals surface area contributed by atoms with Crippen LogP contribution < -0.4 is 10.4 Å². The molecular formula is C18H22. The topological polar surface area (TPSA) is 0 Å². The molecule has 0 saturated heterocycles. The van der Waals surface area contributed by atoms with Crippen molar-refractivity contribution in [3.8, 4) is 0 Å². The molecule has 0 radical (unpaired) electrons. The zero-order valence-electron chi connectivity index (χ0n) is 11.9. The lowest BCUT2D eigenvalue weighted by molar-refractivity contribution is 0.858. The van der Waals surface area contributed by atoms with Crippen LogP contribution in [0.1, 0.15) is 48.9 Å². The molecule has 0 spiro atoms. The van der Waals surface area contributed by atoms with E-state index in [9.17, 15) is 0 Å². The quantitative estimate of drug-likeness (QED) is 0.742. The van der Waals surface area contributed by atoms with E-state index in [4.69, 9.17) is 0 Å². The third-order valence-electron chi connectivity index (χ3n) is 4.72. The van der Waals surface area contributed by atoms with Crippen molar-refractivity contribution in [3.63, 3.8) is 0 Å². The SMILES string of the molecule is CCC1=Cc2c(c(C)c3c(c2C)=CC(CC)C=3)C1. The number of hydrogen-bond acceptors (Lipinski definition) is 0. The number of benzene rings is 1. The summed E-state index contributed by atoms with van der Waals surface area (Å²) in [5.41, 5.74) is 7.72. The maximum atomic E-state index is 2.47. The minimum Gasteiger partial charge on any atom is -0.0695 e. The normalized spacial score (nSPS) is 20.0. The van der Waals surface area contributed by atoms with Gasteiger partial charge in [-0.25, -0.2) is 0 Å². The van der Waals surface area contributed by atoms with Gasteiger partial charge in [-0.2, -0.15) is 0 Å². The Kier molecular flexibility index (Phi) is 2.69. The van der Waals surface area contributed by atoms with E-state index in [1.54, 1.807) is 11.1 Å². The van der Waals surface area contributed by atoms with Crippen LogP contribution in [0.2, 0.25) is 0 Å². The molecule has 2 aliphatic carbocycles. The van der Waals surface area contributed by atoms with Crippen LogP contribution in [0.4, 0.5) is 0 Å². The van der Waals surface area contributed by atoms with Gasteiger partial charge in [0, 0.05) is 0 Å². The van der Waals surface area contributed by atoms with Gasteiger partial charge in [0.1, 0.15) is 0 Å². The Balaban J connectivity index is 2.30. The second-order valence-corrected chi connectivity index (χ2v) is 5.71. The summed E-state index contributed by atoms with van der Waals surface area (Å²) >= 11 is 0. The summed E-state index contributed by atoms with van der Waals surface area (Å²) in [4.78, 5) is 0. The highest BCUT2D eigenvalue weighted by Crippen LogP contribution is 2.29. The minimum atomic E-state index is 0.648. The number of fused-ring (bicyclic) bond motifs is 2. The standard InChI is InChI=1S/C18H22/c1-5-13-7-15-11(3)17-9-14(6-2)10-18(17)12(4)16(15)8-13/h7-9,13H,5-6,10H2,1-4H3. The third-order valence-corrected chi connectivity index (χ3v) is 4.72. The van der Waals surface area contributed by atoms with Gasteiger partial charge in [0.2, 0.25) is 0 Å². The Morgan fingerprint density at radius 1 is 1.06 bits per heavy atom. The first-order valence-electron chi connectivity index (χ1n) is 7.20. The molecule has 18 heavy (non-hydrogen) atoms. The second-order valence-electron chi connectivity index (χ2n) is 5.71. The number of hydrogen-bond donors (Lipinski definition) is 0. The first-order chi connectivity index (χ1) is 8.65. The summed E-state index contributed by atoms with van der Waals surface area (Å²) in [6, 6.07) is 0. The van der Waals surface area contributed by atoms with Crippen LogP contribution in [0.5, 0.6) is 0 Å². The van der Waals surface area contributed by atoms with Crippen LogP contribution in [0.15, 0.2) is 5.57 Å². The highest BCUT2D eigenvalue weighted by atomic mass is 14.2. The summed E-state index contributed by atoms with van der Waals surface area (Å²) in [5, 5.41) is 3.02. The van der Waals surface area contributed by atoms with E-state index in [-0.39, 0.29) is 0 Å². The lowest BCUT2D eigenvalue weighted by Crippen LogP contribution is -2.29. The first kappa shape index (κ1) is 11.8. The summed E-state index contributed by atoms with van der Waals surface area (Å²) in [5.74, 6) is 0.648. The van der Waals surface area contributed by atoms with Crippen molar-refractivity contribution in [2.24, 2.45) is 5.92 Å². The molecule has 0 aliphatic heterocycles. The molecule has 0 heteroatoms. The van der Waals surface area contributed by atoms with Gasteiger partial charge in [0.25, 0.3) is 0 Å². The summed E-state index contributed by atoms with van der Waals surface area (Å²) in [6.45, 7) is 9.15. The van der Waals surface area contributed by atoms with E-state index in [1.165, 1.54) is 46.4 Å². The van der Waals surface area contributed by atoms with Crippen LogP contribution in [0, 0.1) is 19.8 Å². The van der Waals surface area contributed by atoms with E-state index < -0.39 is 0 Å². The molecule has 3 rings (SSSR count). The Labute approximate surface area is 110 Å². The zero-order chi connectivity index (χ0) is 12.9. The summed E-state index contributed by atoms with van der Waals surface area (Å²) in [6.07, 6.45) is 11.0. The van der Waals surface area contributed by atoms with Gasteiger partial charge in [-0.15, -0.1) is 0 Å². The van der Waals surface area contributed by atoms with Crippen molar-refractivity contribution >= 4 is 18.2 Å². The molecule has 1 aromatic rings. The van der Waals surface area contributed by atoms with Crippen LogP contribution in [-0.2, 0) is 6.42 Å². The molecule has 1 aromatic carbocycles. The molecule has 0 nitrogen and oxygen atoms in total. The fourth-order valence-corrected chi connectivity index (χ4v) is 3.41. The maximum absolute atomic E-state index is 2.47. The molecule has 0 amide bonds. The fraction of sp³-hybridized carbons (Fsp3) is 0.444. The molecule has 94 valence electrons. The molecule has 0 aromatic heterocycles. The second kappa shape index (κ2) is 4.12. The average Bonchev–Trinajstić information content (AvgIpc) is 3.00.